The van der Waals surface area contributed by atoms with Crippen LogP contribution in [0, 0.1) is 0 Å². The number of carbonyl (C=O) groups is 1. The molecule has 1 amide bonds. The van der Waals surface area contributed by atoms with Crippen molar-refractivity contribution in [2.24, 2.45) is 0 Å². The summed E-state index contributed by atoms with van der Waals surface area (Å²) in [4.78, 5) is 9.82. The molecule has 0 aliphatic rings. The number of hydrogen-bond donors (Lipinski definition) is 2. The van der Waals surface area contributed by atoms with Gasteiger partial charge in [0.25, 0.3) is 0 Å². The lowest BCUT2D eigenvalue weighted by Gasteiger charge is -1.86. The minimum atomic E-state index is -0.420. The first kappa shape index (κ1) is 15.7. The van der Waals surface area contributed by atoms with Crippen LogP contribution < -0.4 is 5.32 Å². The highest BCUT2D eigenvalue weighted by Gasteiger charge is 1.86. The molecular weight excluding hydrogens is 106 g/mol. The third-order valence-electron chi connectivity index (χ3n) is 0.422. The molecule has 0 aliphatic heterocycles. The molecule has 0 unspecified atom stereocenters. The summed E-state index contributed by atoms with van der Waals surface area (Å²) in [5.41, 5.74) is 0. The van der Waals surface area contributed by atoms with Crippen LogP contribution in [0.3, 0.4) is 0 Å². The highest BCUT2D eigenvalue weighted by Crippen LogP contribution is 1.51. The van der Waals surface area contributed by atoms with E-state index in [1.165, 1.54) is 7.05 Å². The SMILES string of the molecule is C.C.CNC(=O)CO. The zero-order valence-electron chi connectivity index (χ0n) is 3.56. The fourth-order valence-corrected chi connectivity index (χ4v) is 0.0791. The van der Waals surface area contributed by atoms with E-state index in [1.807, 2.05) is 0 Å². The van der Waals surface area contributed by atoms with Gasteiger partial charge in [-0.3, -0.25) is 4.79 Å². The lowest BCUT2D eigenvalue weighted by atomic mass is 10.7. The number of rotatable bonds is 1. The van der Waals surface area contributed by atoms with E-state index in [4.69, 9.17) is 5.11 Å². The van der Waals surface area contributed by atoms with Crippen molar-refractivity contribution in [2.45, 2.75) is 14.9 Å². The summed E-state index contributed by atoms with van der Waals surface area (Å²) >= 11 is 0. The van der Waals surface area contributed by atoms with E-state index >= 15 is 0 Å². The fraction of sp³-hybridized carbons (Fsp3) is 0.800. The molecule has 8 heavy (non-hydrogen) atoms. The summed E-state index contributed by atoms with van der Waals surface area (Å²) < 4.78 is 0. The van der Waals surface area contributed by atoms with E-state index in [2.05, 4.69) is 5.32 Å². The van der Waals surface area contributed by atoms with Crippen molar-refractivity contribution in [1.29, 1.82) is 0 Å². The number of aliphatic hydroxyl groups excluding tert-OH is 1. The van der Waals surface area contributed by atoms with Crippen molar-refractivity contribution in [3.05, 3.63) is 0 Å². The summed E-state index contributed by atoms with van der Waals surface area (Å²) in [6.45, 7) is -0.420. The molecule has 0 fully saturated rings. The molecule has 0 aromatic rings. The molecule has 0 aromatic heterocycles. The first-order valence-corrected chi connectivity index (χ1v) is 1.62. The average molecular weight is 121 g/mol. The largest absolute Gasteiger partial charge is 0.387 e. The molecule has 0 saturated carbocycles. The highest BCUT2D eigenvalue weighted by molar-refractivity contribution is 5.76. The molecule has 52 valence electrons. The summed E-state index contributed by atoms with van der Waals surface area (Å²) in [5, 5.41) is 10.1. The maximum atomic E-state index is 9.82. The molecule has 2 N–H and O–H groups in total. The van der Waals surface area contributed by atoms with Gasteiger partial charge in [0.1, 0.15) is 6.61 Å². The number of likely N-dealkylation sites (N-methyl/N-ethyl adjacent to an activating group) is 1. The van der Waals surface area contributed by atoms with Crippen molar-refractivity contribution in [3.8, 4) is 0 Å². The fourth-order valence-electron chi connectivity index (χ4n) is 0.0791. The second-order valence-corrected chi connectivity index (χ2v) is 0.831. The maximum absolute atomic E-state index is 9.82. The van der Waals surface area contributed by atoms with Gasteiger partial charge in [0.15, 0.2) is 0 Å². The standard InChI is InChI=1S/C3H7NO2.2CH4/c1-4-3(6)2-5;;/h5H,2H2,1H3,(H,4,6);2*1H4. The van der Waals surface area contributed by atoms with Gasteiger partial charge in [0.05, 0.1) is 0 Å². The molecule has 0 aromatic carbocycles. The van der Waals surface area contributed by atoms with Gasteiger partial charge >= 0.3 is 0 Å². The minimum Gasteiger partial charge on any atom is -0.387 e. The second-order valence-electron chi connectivity index (χ2n) is 0.831. The van der Waals surface area contributed by atoms with Crippen molar-refractivity contribution in [2.75, 3.05) is 13.7 Å². The lowest BCUT2D eigenvalue weighted by molar-refractivity contribution is -0.123. The predicted octanol–water partition coefficient (Wildman–Crippen LogP) is -0.00310. The van der Waals surface area contributed by atoms with Gasteiger partial charge in [0.2, 0.25) is 5.91 Å². The summed E-state index contributed by atoms with van der Waals surface area (Å²) in [5.74, 6) is -0.352. The summed E-state index contributed by atoms with van der Waals surface area (Å²) in [7, 11) is 1.47. The number of amides is 1. The van der Waals surface area contributed by atoms with Crippen molar-refractivity contribution in [1.82, 2.24) is 5.32 Å². The van der Waals surface area contributed by atoms with E-state index < -0.39 is 6.61 Å². The van der Waals surface area contributed by atoms with Crippen LogP contribution in [0.4, 0.5) is 0 Å². The Balaban J connectivity index is -0.000000125. The topological polar surface area (TPSA) is 49.3 Å². The minimum absolute atomic E-state index is 0. The second kappa shape index (κ2) is 9.66. The van der Waals surface area contributed by atoms with E-state index in [9.17, 15) is 4.79 Å². The van der Waals surface area contributed by atoms with Crippen LogP contribution in [-0.4, -0.2) is 24.7 Å². The number of nitrogens with one attached hydrogen (secondary N) is 1. The Morgan fingerprint density at radius 2 is 2.00 bits per heavy atom. The van der Waals surface area contributed by atoms with Crippen LogP contribution in [0.25, 0.3) is 0 Å². The third kappa shape index (κ3) is 9.06. The van der Waals surface area contributed by atoms with Gasteiger partial charge in [-0.05, 0) is 0 Å². The van der Waals surface area contributed by atoms with E-state index in [1.54, 1.807) is 0 Å². The molecule has 0 spiro atoms. The van der Waals surface area contributed by atoms with Crippen molar-refractivity contribution < 1.29 is 9.90 Å². The predicted molar refractivity (Wildman–Crippen MR) is 34.6 cm³/mol. The Morgan fingerprint density at radius 1 is 1.62 bits per heavy atom. The van der Waals surface area contributed by atoms with Crippen LogP contribution >= 0.6 is 0 Å². The Labute approximate surface area is 50.7 Å². The normalized spacial score (nSPS) is 5.75. The lowest BCUT2D eigenvalue weighted by Crippen LogP contribution is -2.20. The Bertz CT molecular complexity index is 48.4. The Kier molecular flexibility index (Phi) is 18.9. The van der Waals surface area contributed by atoms with E-state index in [0.717, 1.165) is 0 Å². The van der Waals surface area contributed by atoms with Crippen molar-refractivity contribution >= 4 is 5.91 Å². The van der Waals surface area contributed by atoms with Gasteiger partial charge < -0.3 is 10.4 Å². The molecule has 0 radical (unpaired) electrons. The molecule has 0 saturated heterocycles. The number of hydrogen-bond acceptors (Lipinski definition) is 2. The zero-order valence-corrected chi connectivity index (χ0v) is 3.56. The van der Waals surface area contributed by atoms with Gasteiger partial charge in [-0.2, -0.15) is 0 Å². The Hall–Kier alpha value is -0.570. The van der Waals surface area contributed by atoms with Crippen LogP contribution in [0.2, 0.25) is 0 Å². The van der Waals surface area contributed by atoms with Crippen molar-refractivity contribution in [3.63, 3.8) is 0 Å². The van der Waals surface area contributed by atoms with Gasteiger partial charge in [0, 0.05) is 7.05 Å². The van der Waals surface area contributed by atoms with Gasteiger partial charge in [-0.25, -0.2) is 0 Å². The third-order valence-corrected chi connectivity index (χ3v) is 0.422. The molecule has 0 bridgehead atoms. The molecule has 3 heteroatoms. The molecule has 0 atom stereocenters. The number of carbonyl (C=O) groups excluding carboxylic acids is 1. The summed E-state index contributed by atoms with van der Waals surface area (Å²) in [6, 6.07) is 0. The molecule has 0 aliphatic carbocycles. The molecular formula is C5H15NO2. The van der Waals surface area contributed by atoms with E-state index in [-0.39, 0.29) is 20.8 Å². The average Bonchev–Trinajstić information content (AvgIpc) is 1.65. The monoisotopic (exact) mass is 121 g/mol. The van der Waals surface area contributed by atoms with Crippen LogP contribution in [-0.2, 0) is 4.79 Å². The van der Waals surface area contributed by atoms with Gasteiger partial charge in [-0.15, -0.1) is 0 Å². The smallest absolute Gasteiger partial charge is 0.245 e. The van der Waals surface area contributed by atoms with Crippen LogP contribution in [0.15, 0.2) is 0 Å². The number of aliphatic hydroxyl groups is 1. The molecule has 0 rings (SSSR count). The molecule has 0 heterocycles. The quantitative estimate of drug-likeness (QED) is 0.513. The molecule has 3 nitrogen and oxygen atoms in total. The van der Waals surface area contributed by atoms with Crippen LogP contribution in [0.1, 0.15) is 14.9 Å². The highest BCUT2D eigenvalue weighted by atomic mass is 16.3. The van der Waals surface area contributed by atoms with Crippen LogP contribution in [0.5, 0.6) is 0 Å². The van der Waals surface area contributed by atoms with E-state index in [0.29, 0.717) is 0 Å². The first-order valence-electron chi connectivity index (χ1n) is 1.62. The first-order chi connectivity index (χ1) is 2.81. The zero-order chi connectivity index (χ0) is 4.99. The maximum Gasteiger partial charge on any atom is 0.245 e. The summed E-state index contributed by atoms with van der Waals surface area (Å²) in [6.07, 6.45) is 0. The van der Waals surface area contributed by atoms with Gasteiger partial charge in [-0.1, -0.05) is 14.9 Å². The Morgan fingerprint density at radius 3 is 2.00 bits per heavy atom.